The van der Waals surface area contributed by atoms with Crippen LogP contribution in [0.3, 0.4) is 0 Å². The molecule has 27 heavy (non-hydrogen) atoms. The maximum Gasteiger partial charge on any atom is 0.251 e. The van der Waals surface area contributed by atoms with Crippen LogP contribution in [0.25, 0.3) is 6.08 Å². The average Bonchev–Trinajstić information content (AvgIpc) is 3.18. The van der Waals surface area contributed by atoms with E-state index >= 15 is 0 Å². The van der Waals surface area contributed by atoms with E-state index in [1.54, 1.807) is 12.7 Å². The van der Waals surface area contributed by atoms with E-state index in [4.69, 9.17) is 0 Å². The zero-order valence-electron chi connectivity index (χ0n) is 15.8. The second-order valence-electron chi connectivity index (χ2n) is 6.88. The van der Waals surface area contributed by atoms with Crippen molar-refractivity contribution >= 4 is 17.7 Å². The Labute approximate surface area is 159 Å². The number of rotatable bonds is 6. The molecule has 1 amide bonds. The van der Waals surface area contributed by atoms with Gasteiger partial charge in [0.05, 0.1) is 6.04 Å². The van der Waals surface area contributed by atoms with E-state index in [9.17, 15) is 4.79 Å². The van der Waals surface area contributed by atoms with Gasteiger partial charge in [-0.05, 0) is 42.2 Å². The summed E-state index contributed by atoms with van der Waals surface area (Å²) < 4.78 is 1.87. The number of nitrogens with one attached hydrogen (secondary N) is 1. The second-order valence-corrected chi connectivity index (χ2v) is 6.88. The van der Waals surface area contributed by atoms with Crippen LogP contribution >= 0.6 is 0 Å². The van der Waals surface area contributed by atoms with Crippen LogP contribution in [-0.2, 0) is 4.79 Å². The molecule has 5 heteroatoms. The molecule has 0 aliphatic rings. The molecule has 0 bridgehead atoms. The van der Waals surface area contributed by atoms with Gasteiger partial charge < -0.3 is 5.32 Å². The van der Waals surface area contributed by atoms with Crippen molar-refractivity contribution in [2.75, 3.05) is 5.32 Å². The Morgan fingerprint density at radius 3 is 2.37 bits per heavy atom. The molecule has 2 aromatic carbocycles. The molecule has 1 N–H and O–H groups in total. The van der Waals surface area contributed by atoms with Gasteiger partial charge in [0.25, 0.3) is 5.91 Å². The zero-order chi connectivity index (χ0) is 19.2. The fourth-order valence-corrected chi connectivity index (χ4v) is 3.06. The molecule has 0 aliphatic carbocycles. The summed E-state index contributed by atoms with van der Waals surface area (Å²) in [7, 11) is 0. The summed E-state index contributed by atoms with van der Waals surface area (Å²) in [4.78, 5) is 16.5. The van der Waals surface area contributed by atoms with E-state index in [0.717, 1.165) is 16.8 Å². The molecule has 0 aliphatic heterocycles. The number of carbonyl (C=O) groups excluding carboxylic acids is 1. The summed E-state index contributed by atoms with van der Waals surface area (Å²) in [6, 6.07) is 17.8. The lowest BCUT2D eigenvalue weighted by molar-refractivity contribution is -0.112. The number of benzene rings is 2. The van der Waals surface area contributed by atoms with Crippen LogP contribution in [0.15, 0.2) is 72.8 Å². The van der Waals surface area contributed by atoms with Crippen molar-refractivity contribution in [2.24, 2.45) is 5.92 Å². The van der Waals surface area contributed by atoms with Crippen LogP contribution in [0.4, 0.5) is 5.69 Å². The topological polar surface area (TPSA) is 59.8 Å². The highest BCUT2D eigenvalue weighted by Gasteiger charge is 2.18. The van der Waals surface area contributed by atoms with Gasteiger partial charge in [-0.25, -0.2) is 9.67 Å². The number of anilines is 1. The highest BCUT2D eigenvalue weighted by Crippen LogP contribution is 2.26. The smallest absolute Gasteiger partial charge is 0.251 e. The third-order valence-electron chi connectivity index (χ3n) is 4.40. The summed E-state index contributed by atoms with van der Waals surface area (Å²) in [5, 5.41) is 7.23. The molecule has 1 aromatic heterocycles. The lowest BCUT2D eigenvalue weighted by Crippen LogP contribution is -2.17. The van der Waals surface area contributed by atoms with E-state index in [1.807, 2.05) is 72.3 Å². The van der Waals surface area contributed by atoms with Crippen LogP contribution < -0.4 is 5.32 Å². The maximum absolute atomic E-state index is 12.4. The van der Waals surface area contributed by atoms with Gasteiger partial charge in [-0.2, -0.15) is 5.10 Å². The van der Waals surface area contributed by atoms with Crippen molar-refractivity contribution in [1.82, 2.24) is 14.8 Å². The van der Waals surface area contributed by atoms with Gasteiger partial charge in [-0.15, -0.1) is 0 Å². The number of hydrogen-bond donors (Lipinski definition) is 1. The molecule has 1 unspecified atom stereocenters. The molecule has 1 heterocycles. The monoisotopic (exact) mass is 360 g/mol. The van der Waals surface area contributed by atoms with Crippen LogP contribution in [0.2, 0.25) is 0 Å². The van der Waals surface area contributed by atoms with Crippen LogP contribution in [0.1, 0.15) is 37.9 Å². The van der Waals surface area contributed by atoms with Gasteiger partial charge >= 0.3 is 0 Å². The highest BCUT2D eigenvalue weighted by molar-refractivity contribution is 6.06. The maximum atomic E-state index is 12.4. The van der Waals surface area contributed by atoms with Gasteiger partial charge in [-0.3, -0.25) is 4.79 Å². The predicted octanol–water partition coefficient (Wildman–Crippen LogP) is 4.57. The number of carbonyl (C=O) groups is 1. The summed E-state index contributed by atoms with van der Waals surface area (Å²) in [5.74, 6) is 0.256. The van der Waals surface area contributed by atoms with E-state index in [1.165, 1.54) is 0 Å². The number of hydrogen-bond acceptors (Lipinski definition) is 3. The summed E-state index contributed by atoms with van der Waals surface area (Å²) in [6.45, 7) is 6.12. The molecule has 0 saturated carbocycles. The Balaban J connectivity index is 1.72. The first-order chi connectivity index (χ1) is 13.0. The minimum atomic E-state index is -0.108. The third-order valence-corrected chi connectivity index (χ3v) is 4.40. The lowest BCUT2D eigenvalue weighted by Gasteiger charge is -2.21. The number of amides is 1. The molecule has 3 aromatic rings. The molecule has 5 nitrogen and oxygen atoms in total. The summed E-state index contributed by atoms with van der Waals surface area (Å²) in [6.07, 6.45) is 5.16. The first-order valence-corrected chi connectivity index (χ1v) is 9.03. The molecule has 0 spiro atoms. The normalized spacial score (nSPS) is 12.8. The molecule has 1 atom stereocenters. The number of nitrogens with zero attached hydrogens (tertiary/aromatic N) is 3. The van der Waals surface area contributed by atoms with Crippen molar-refractivity contribution in [3.8, 4) is 0 Å². The fourth-order valence-electron chi connectivity index (χ4n) is 3.06. The Kier molecular flexibility index (Phi) is 5.81. The summed E-state index contributed by atoms with van der Waals surface area (Å²) >= 11 is 0. The van der Waals surface area contributed by atoms with Gasteiger partial charge in [0.2, 0.25) is 0 Å². The zero-order valence-corrected chi connectivity index (χ0v) is 15.8. The first kappa shape index (κ1) is 18.6. The van der Waals surface area contributed by atoms with Crippen molar-refractivity contribution in [1.29, 1.82) is 0 Å². The minimum absolute atomic E-state index is 0.108. The van der Waals surface area contributed by atoms with Crippen LogP contribution in [0.5, 0.6) is 0 Å². The average molecular weight is 360 g/mol. The standard InChI is InChI=1S/C22H24N4O/c1-16(2)21(26-15-23-14-24-26)19-9-11-20(12-10-19)25-22(27)17(3)13-18-7-5-4-6-8-18/h4-16,21H,1-3H3,(H,25,27). The minimum Gasteiger partial charge on any atom is -0.322 e. The van der Waals surface area contributed by atoms with Gasteiger partial charge in [0, 0.05) is 11.3 Å². The molecule has 138 valence electrons. The van der Waals surface area contributed by atoms with Crippen LogP contribution in [-0.4, -0.2) is 20.7 Å². The largest absolute Gasteiger partial charge is 0.322 e. The Morgan fingerprint density at radius 2 is 1.78 bits per heavy atom. The molecule has 0 fully saturated rings. The third kappa shape index (κ3) is 4.70. The summed E-state index contributed by atoms with van der Waals surface area (Å²) in [5.41, 5.74) is 3.57. The fraction of sp³-hybridized carbons (Fsp3) is 0.227. The Hall–Kier alpha value is -3.21. The van der Waals surface area contributed by atoms with Gasteiger partial charge in [0.15, 0.2) is 0 Å². The first-order valence-electron chi connectivity index (χ1n) is 9.03. The second kappa shape index (κ2) is 8.45. The SMILES string of the molecule is CC(=Cc1ccccc1)C(=O)Nc1ccc(C(C(C)C)n2cncn2)cc1. The van der Waals surface area contributed by atoms with Gasteiger partial charge in [0.1, 0.15) is 12.7 Å². The molecule has 0 saturated heterocycles. The van der Waals surface area contributed by atoms with Crippen molar-refractivity contribution < 1.29 is 4.79 Å². The van der Waals surface area contributed by atoms with E-state index in [-0.39, 0.29) is 11.9 Å². The Bertz CT molecular complexity index is 897. The van der Waals surface area contributed by atoms with Crippen molar-refractivity contribution in [3.05, 3.63) is 84.0 Å². The van der Waals surface area contributed by atoms with Crippen molar-refractivity contribution in [2.45, 2.75) is 26.8 Å². The van der Waals surface area contributed by atoms with Gasteiger partial charge in [-0.1, -0.05) is 56.3 Å². The van der Waals surface area contributed by atoms with Crippen molar-refractivity contribution in [3.63, 3.8) is 0 Å². The molecular formula is C22H24N4O. The number of aromatic nitrogens is 3. The Morgan fingerprint density at radius 1 is 1.07 bits per heavy atom. The quantitative estimate of drug-likeness (QED) is 0.655. The molecule has 3 rings (SSSR count). The molecular weight excluding hydrogens is 336 g/mol. The molecule has 0 radical (unpaired) electrons. The highest BCUT2D eigenvalue weighted by atomic mass is 16.1. The van der Waals surface area contributed by atoms with E-state index < -0.39 is 0 Å². The van der Waals surface area contributed by atoms with E-state index in [0.29, 0.717) is 11.5 Å². The lowest BCUT2D eigenvalue weighted by atomic mass is 9.96. The van der Waals surface area contributed by atoms with Crippen LogP contribution in [0, 0.1) is 5.92 Å². The van der Waals surface area contributed by atoms with E-state index in [2.05, 4.69) is 29.2 Å². The predicted molar refractivity (Wildman–Crippen MR) is 108 cm³/mol.